The minimum atomic E-state index is 0.590. The summed E-state index contributed by atoms with van der Waals surface area (Å²) in [5, 5.41) is 6.56. The highest BCUT2D eigenvalue weighted by Crippen LogP contribution is 2.41. The molecule has 4 nitrogen and oxygen atoms in total. The molecule has 0 aliphatic carbocycles. The summed E-state index contributed by atoms with van der Waals surface area (Å²) in [7, 11) is 0. The molecule has 0 saturated heterocycles. The van der Waals surface area contributed by atoms with E-state index in [-0.39, 0.29) is 0 Å². The van der Waals surface area contributed by atoms with Crippen LogP contribution in [0.2, 0.25) is 0 Å². The molecule has 9 aromatic carbocycles. The summed E-state index contributed by atoms with van der Waals surface area (Å²) in [6, 6.07) is 69.9. The van der Waals surface area contributed by atoms with Gasteiger partial charge in [0.25, 0.3) is 0 Å². The summed E-state index contributed by atoms with van der Waals surface area (Å²) >= 11 is 0. The molecule has 0 saturated carbocycles. The highest BCUT2D eigenvalue weighted by atomic mass is 16.3. The second-order valence-electron chi connectivity index (χ2n) is 14.4. The van der Waals surface area contributed by atoms with Gasteiger partial charge in [0.15, 0.2) is 17.5 Å². The lowest BCUT2D eigenvalue weighted by molar-refractivity contribution is 0.670. The Morgan fingerprint density at radius 3 is 1.51 bits per heavy atom. The van der Waals surface area contributed by atoms with Crippen LogP contribution < -0.4 is 0 Å². The number of furan rings is 1. The molecular formula is C53H33N3O. The van der Waals surface area contributed by atoms with Crippen molar-refractivity contribution in [2.75, 3.05) is 0 Å². The maximum absolute atomic E-state index is 6.74. The van der Waals surface area contributed by atoms with Crippen molar-refractivity contribution >= 4 is 43.5 Å². The first kappa shape index (κ1) is 32.7. The Bertz CT molecular complexity index is 3300. The predicted octanol–water partition coefficient (Wildman–Crippen LogP) is 14.1. The zero-order chi connectivity index (χ0) is 37.7. The van der Waals surface area contributed by atoms with E-state index in [0.717, 1.165) is 71.5 Å². The Hall–Kier alpha value is -7.69. The van der Waals surface area contributed by atoms with E-state index in [9.17, 15) is 0 Å². The third-order valence-electron chi connectivity index (χ3n) is 10.9. The summed E-state index contributed by atoms with van der Waals surface area (Å²) in [5.74, 6) is 1.82. The van der Waals surface area contributed by atoms with Crippen molar-refractivity contribution < 1.29 is 4.42 Å². The number of benzene rings is 9. The quantitative estimate of drug-likeness (QED) is 0.171. The average Bonchev–Trinajstić information content (AvgIpc) is 3.68. The maximum Gasteiger partial charge on any atom is 0.164 e. The van der Waals surface area contributed by atoms with Crippen LogP contribution in [0.15, 0.2) is 205 Å². The lowest BCUT2D eigenvalue weighted by Crippen LogP contribution is -2.00. The van der Waals surface area contributed by atoms with E-state index in [1.165, 1.54) is 22.1 Å². The van der Waals surface area contributed by atoms with Crippen LogP contribution in [0.25, 0.3) is 111 Å². The zero-order valence-electron chi connectivity index (χ0n) is 30.8. The maximum atomic E-state index is 6.74. The van der Waals surface area contributed by atoms with Crippen LogP contribution in [0, 0.1) is 0 Å². The van der Waals surface area contributed by atoms with Gasteiger partial charge in [0.1, 0.15) is 11.2 Å². The summed E-state index contributed by atoms with van der Waals surface area (Å²) in [6.45, 7) is 0. The minimum Gasteiger partial charge on any atom is -0.455 e. The molecule has 2 aromatic heterocycles. The van der Waals surface area contributed by atoms with Gasteiger partial charge < -0.3 is 4.42 Å². The molecule has 4 heteroatoms. The van der Waals surface area contributed by atoms with E-state index in [0.29, 0.717) is 17.5 Å². The van der Waals surface area contributed by atoms with Gasteiger partial charge in [0.2, 0.25) is 0 Å². The first-order valence-electron chi connectivity index (χ1n) is 19.2. The van der Waals surface area contributed by atoms with Crippen molar-refractivity contribution in [3.05, 3.63) is 200 Å². The Labute approximate surface area is 329 Å². The summed E-state index contributed by atoms with van der Waals surface area (Å²) in [5.41, 5.74) is 11.2. The average molecular weight is 728 g/mol. The first-order valence-corrected chi connectivity index (χ1v) is 19.2. The molecule has 0 amide bonds. The molecule has 0 unspecified atom stereocenters. The highest BCUT2D eigenvalue weighted by molar-refractivity contribution is 6.15. The smallest absolute Gasteiger partial charge is 0.164 e. The number of nitrogens with zero attached hydrogens (tertiary/aromatic N) is 3. The summed E-state index contributed by atoms with van der Waals surface area (Å²) in [4.78, 5) is 15.6. The molecule has 0 fully saturated rings. The fourth-order valence-corrected chi connectivity index (χ4v) is 8.04. The molecule has 0 atom stereocenters. The van der Waals surface area contributed by atoms with Gasteiger partial charge >= 0.3 is 0 Å². The number of fused-ring (bicyclic) bond motifs is 5. The lowest BCUT2D eigenvalue weighted by Gasteiger charge is -2.11. The van der Waals surface area contributed by atoms with E-state index in [4.69, 9.17) is 19.4 Å². The van der Waals surface area contributed by atoms with Crippen LogP contribution in [-0.2, 0) is 0 Å². The Balaban J connectivity index is 1.08. The van der Waals surface area contributed by atoms with Crippen molar-refractivity contribution in [3.8, 4) is 67.5 Å². The van der Waals surface area contributed by atoms with Crippen LogP contribution in [-0.4, -0.2) is 15.0 Å². The van der Waals surface area contributed by atoms with E-state index < -0.39 is 0 Å². The molecule has 11 rings (SSSR count). The Morgan fingerprint density at radius 1 is 0.298 bits per heavy atom. The molecule has 57 heavy (non-hydrogen) atoms. The van der Waals surface area contributed by atoms with Gasteiger partial charge in [-0.25, -0.2) is 15.0 Å². The number of aromatic nitrogens is 3. The Morgan fingerprint density at radius 2 is 0.789 bits per heavy atom. The van der Waals surface area contributed by atoms with E-state index in [2.05, 4.69) is 176 Å². The fourth-order valence-electron chi connectivity index (χ4n) is 8.04. The standard InChI is InChI=1S/C53H33N3O/c1-3-12-34(13-4-1)38-18-9-19-42(31-38)45-20-10-21-46-49-47(22-11-23-48(49)57-50(45)46)53-55-51(43-28-24-36-16-7-8-17-37(36)32-43)54-52(56-53)44-29-27-40-30-39(25-26-41(40)33-44)35-14-5-2-6-15-35/h1-33H. The monoisotopic (exact) mass is 727 g/mol. The van der Waals surface area contributed by atoms with Crippen LogP contribution in [0.5, 0.6) is 0 Å². The molecule has 266 valence electrons. The number of hydrogen-bond acceptors (Lipinski definition) is 4. The predicted molar refractivity (Wildman–Crippen MR) is 235 cm³/mol. The molecule has 0 radical (unpaired) electrons. The number of para-hydroxylation sites is 1. The molecule has 0 N–H and O–H groups in total. The third-order valence-corrected chi connectivity index (χ3v) is 10.9. The SMILES string of the molecule is c1ccc(-c2cccc(-c3cccc4c3oc3cccc(-c5nc(-c6ccc7ccccc7c6)nc(-c6ccc7cc(-c8ccccc8)ccc7c6)n5)c34)c2)cc1. The molecule has 0 spiro atoms. The summed E-state index contributed by atoms with van der Waals surface area (Å²) in [6.07, 6.45) is 0. The van der Waals surface area contributed by atoms with E-state index in [1.54, 1.807) is 0 Å². The lowest BCUT2D eigenvalue weighted by atomic mass is 9.97. The fraction of sp³-hybridized carbons (Fsp3) is 0. The molecule has 0 bridgehead atoms. The normalized spacial score (nSPS) is 11.5. The molecule has 0 aliphatic heterocycles. The zero-order valence-corrected chi connectivity index (χ0v) is 30.8. The van der Waals surface area contributed by atoms with Gasteiger partial charge in [-0.15, -0.1) is 0 Å². The minimum absolute atomic E-state index is 0.590. The molecule has 0 aliphatic rings. The van der Waals surface area contributed by atoms with Gasteiger partial charge in [-0.05, 0) is 79.7 Å². The van der Waals surface area contributed by atoms with E-state index in [1.807, 2.05) is 24.3 Å². The largest absolute Gasteiger partial charge is 0.455 e. The Kier molecular flexibility index (Phi) is 7.78. The van der Waals surface area contributed by atoms with Gasteiger partial charge in [0.05, 0.1) is 0 Å². The van der Waals surface area contributed by atoms with Crippen LogP contribution in [0.4, 0.5) is 0 Å². The third kappa shape index (κ3) is 5.92. The van der Waals surface area contributed by atoms with Gasteiger partial charge in [-0.3, -0.25) is 0 Å². The molecule has 11 aromatic rings. The first-order chi connectivity index (χ1) is 28.2. The molecule has 2 heterocycles. The second kappa shape index (κ2) is 13.6. The van der Waals surface area contributed by atoms with Crippen LogP contribution in [0.3, 0.4) is 0 Å². The van der Waals surface area contributed by atoms with Crippen LogP contribution in [0.1, 0.15) is 0 Å². The van der Waals surface area contributed by atoms with E-state index >= 15 is 0 Å². The van der Waals surface area contributed by atoms with Crippen molar-refractivity contribution in [3.63, 3.8) is 0 Å². The van der Waals surface area contributed by atoms with Gasteiger partial charge in [-0.2, -0.15) is 0 Å². The van der Waals surface area contributed by atoms with Gasteiger partial charge in [-0.1, -0.05) is 170 Å². The number of hydrogen-bond donors (Lipinski definition) is 0. The number of rotatable bonds is 6. The van der Waals surface area contributed by atoms with Crippen molar-refractivity contribution in [2.45, 2.75) is 0 Å². The topological polar surface area (TPSA) is 51.8 Å². The van der Waals surface area contributed by atoms with Crippen molar-refractivity contribution in [1.82, 2.24) is 15.0 Å². The summed E-state index contributed by atoms with van der Waals surface area (Å²) < 4.78 is 6.74. The van der Waals surface area contributed by atoms with Gasteiger partial charge in [0, 0.05) is 33.0 Å². The molecular weight excluding hydrogens is 695 g/mol. The highest BCUT2D eigenvalue weighted by Gasteiger charge is 2.20. The second-order valence-corrected chi connectivity index (χ2v) is 14.4. The van der Waals surface area contributed by atoms with Crippen LogP contribution >= 0.6 is 0 Å². The van der Waals surface area contributed by atoms with Crippen molar-refractivity contribution in [2.24, 2.45) is 0 Å². The van der Waals surface area contributed by atoms with Crippen molar-refractivity contribution in [1.29, 1.82) is 0 Å².